The molecule has 0 unspecified atom stereocenters. The SMILES string of the molecule is CC1(C)Oc2ccc(C(=O)C3CC3)cc2S1(O)O. The van der Waals surface area contributed by atoms with Crippen molar-refractivity contribution in [2.75, 3.05) is 0 Å². The Bertz CT molecular complexity index is 532. The van der Waals surface area contributed by atoms with Crippen LogP contribution in [-0.4, -0.2) is 19.8 Å². The molecule has 98 valence electrons. The molecule has 0 saturated heterocycles. The van der Waals surface area contributed by atoms with Gasteiger partial charge in [-0.2, -0.15) is 0 Å². The summed E-state index contributed by atoms with van der Waals surface area (Å²) in [6, 6.07) is 4.95. The largest absolute Gasteiger partial charge is 0.467 e. The summed E-state index contributed by atoms with van der Waals surface area (Å²) in [5.74, 6) is 0.685. The van der Waals surface area contributed by atoms with Crippen LogP contribution in [0.3, 0.4) is 0 Å². The quantitative estimate of drug-likeness (QED) is 0.805. The highest BCUT2D eigenvalue weighted by Crippen LogP contribution is 2.67. The topological polar surface area (TPSA) is 66.8 Å². The smallest absolute Gasteiger partial charge is 0.196 e. The molecule has 0 radical (unpaired) electrons. The molecule has 0 bridgehead atoms. The molecule has 18 heavy (non-hydrogen) atoms. The van der Waals surface area contributed by atoms with Crippen molar-refractivity contribution in [3.63, 3.8) is 0 Å². The molecule has 1 aromatic rings. The van der Waals surface area contributed by atoms with Gasteiger partial charge in [-0.1, -0.05) is 0 Å². The first-order valence-corrected chi connectivity index (χ1v) is 7.53. The van der Waals surface area contributed by atoms with Crippen molar-refractivity contribution in [1.29, 1.82) is 0 Å². The van der Waals surface area contributed by atoms with Crippen molar-refractivity contribution >= 4 is 16.4 Å². The first-order valence-electron chi connectivity index (χ1n) is 5.98. The second kappa shape index (κ2) is 3.50. The van der Waals surface area contributed by atoms with Gasteiger partial charge in [0.1, 0.15) is 10.6 Å². The fourth-order valence-corrected chi connectivity index (χ4v) is 3.55. The van der Waals surface area contributed by atoms with E-state index in [2.05, 4.69) is 0 Å². The molecular formula is C13H16O4S. The number of fused-ring (bicyclic) bond motifs is 1. The van der Waals surface area contributed by atoms with Crippen molar-refractivity contribution in [3.05, 3.63) is 23.8 Å². The van der Waals surface area contributed by atoms with Crippen molar-refractivity contribution in [2.24, 2.45) is 5.92 Å². The van der Waals surface area contributed by atoms with Crippen LogP contribution < -0.4 is 4.74 Å². The van der Waals surface area contributed by atoms with E-state index < -0.39 is 15.5 Å². The number of carbonyl (C=O) groups is 1. The summed E-state index contributed by atoms with van der Waals surface area (Å²) in [4.78, 5) is 11.3. The first kappa shape index (κ1) is 12.0. The number of Topliss-reactive ketones (excluding diaryl/α,β-unsaturated/α-hetero) is 1. The van der Waals surface area contributed by atoms with Gasteiger partial charge in [-0.25, -0.2) is 0 Å². The summed E-state index contributed by atoms with van der Waals surface area (Å²) < 4.78 is 26.0. The molecule has 1 aliphatic heterocycles. The predicted molar refractivity (Wildman–Crippen MR) is 69.3 cm³/mol. The minimum absolute atomic E-state index is 0.0951. The van der Waals surface area contributed by atoms with Gasteiger partial charge in [0.25, 0.3) is 0 Å². The van der Waals surface area contributed by atoms with E-state index in [9.17, 15) is 13.9 Å². The Kier molecular flexibility index (Phi) is 2.33. The normalized spacial score (nSPS) is 25.1. The standard InChI is InChI=1S/C13H16O4S/c1-13(2)17-10-6-5-9(12(14)8-3-4-8)7-11(10)18(13,15)16/h5-8,15-16H,3-4H2,1-2H3. The van der Waals surface area contributed by atoms with Crippen LogP contribution in [0.15, 0.2) is 23.1 Å². The highest BCUT2D eigenvalue weighted by atomic mass is 32.3. The Balaban J connectivity index is 2.04. The van der Waals surface area contributed by atoms with Crippen LogP contribution >= 0.6 is 10.6 Å². The van der Waals surface area contributed by atoms with E-state index >= 15 is 0 Å². The monoisotopic (exact) mass is 268 g/mol. The van der Waals surface area contributed by atoms with Gasteiger partial charge in [0.05, 0.1) is 0 Å². The van der Waals surface area contributed by atoms with E-state index in [-0.39, 0.29) is 11.7 Å². The van der Waals surface area contributed by atoms with Gasteiger partial charge in [-0.05, 0) is 44.9 Å². The summed E-state index contributed by atoms with van der Waals surface area (Å²) in [6.07, 6.45) is 1.88. The molecule has 0 atom stereocenters. The number of hydrogen-bond donors (Lipinski definition) is 2. The Hall–Kier alpha value is -1.04. The fourth-order valence-electron chi connectivity index (χ4n) is 2.14. The number of benzene rings is 1. The molecule has 1 aromatic carbocycles. The van der Waals surface area contributed by atoms with Crippen molar-refractivity contribution in [3.8, 4) is 5.75 Å². The van der Waals surface area contributed by atoms with E-state index in [1.807, 2.05) is 0 Å². The molecule has 1 heterocycles. The van der Waals surface area contributed by atoms with E-state index in [1.54, 1.807) is 32.0 Å². The zero-order valence-electron chi connectivity index (χ0n) is 10.3. The van der Waals surface area contributed by atoms with E-state index in [4.69, 9.17) is 4.74 Å². The summed E-state index contributed by atoms with van der Waals surface area (Å²) in [5.41, 5.74) is 0.553. The maximum atomic E-state index is 12.0. The number of ketones is 1. The zero-order valence-corrected chi connectivity index (χ0v) is 11.2. The third-order valence-corrected chi connectivity index (χ3v) is 5.91. The molecular weight excluding hydrogens is 252 g/mol. The van der Waals surface area contributed by atoms with Gasteiger partial charge in [0.15, 0.2) is 10.7 Å². The second-order valence-corrected chi connectivity index (χ2v) is 7.87. The zero-order chi connectivity index (χ0) is 13.1. The van der Waals surface area contributed by atoms with Crippen molar-refractivity contribution in [1.82, 2.24) is 0 Å². The van der Waals surface area contributed by atoms with Crippen LogP contribution in [0.1, 0.15) is 37.0 Å². The van der Waals surface area contributed by atoms with Gasteiger partial charge in [-0.3, -0.25) is 13.9 Å². The highest BCUT2D eigenvalue weighted by molar-refractivity contribution is 8.25. The van der Waals surface area contributed by atoms with Crippen molar-refractivity contribution in [2.45, 2.75) is 36.5 Å². The van der Waals surface area contributed by atoms with Crippen LogP contribution in [0.5, 0.6) is 5.75 Å². The lowest BCUT2D eigenvalue weighted by Crippen LogP contribution is -2.29. The lowest BCUT2D eigenvalue weighted by atomic mass is 10.1. The minimum atomic E-state index is -3.02. The third-order valence-electron chi connectivity index (χ3n) is 3.52. The molecule has 1 fully saturated rings. The lowest BCUT2D eigenvalue weighted by Gasteiger charge is -2.38. The summed E-state index contributed by atoms with van der Waals surface area (Å²) in [6.45, 7) is 3.29. The maximum absolute atomic E-state index is 12.0. The Morgan fingerprint density at radius 1 is 1.39 bits per heavy atom. The number of carbonyl (C=O) groups excluding carboxylic acids is 1. The molecule has 1 saturated carbocycles. The van der Waals surface area contributed by atoms with Crippen LogP contribution in [0.4, 0.5) is 0 Å². The fraction of sp³-hybridized carbons (Fsp3) is 0.462. The summed E-state index contributed by atoms with van der Waals surface area (Å²) in [7, 11) is -3.02. The predicted octanol–water partition coefficient (Wildman–Crippen LogP) is 3.52. The lowest BCUT2D eigenvalue weighted by molar-refractivity contribution is 0.0967. The molecule has 5 heteroatoms. The molecule has 2 aliphatic rings. The Morgan fingerprint density at radius 3 is 2.67 bits per heavy atom. The van der Waals surface area contributed by atoms with Crippen LogP contribution in [-0.2, 0) is 0 Å². The average molecular weight is 268 g/mol. The molecule has 0 aromatic heterocycles. The molecule has 2 N–H and O–H groups in total. The van der Waals surface area contributed by atoms with E-state index in [0.717, 1.165) is 12.8 Å². The minimum Gasteiger partial charge on any atom is -0.467 e. The third kappa shape index (κ3) is 1.58. The molecule has 4 nitrogen and oxygen atoms in total. The maximum Gasteiger partial charge on any atom is 0.196 e. The van der Waals surface area contributed by atoms with E-state index in [0.29, 0.717) is 16.2 Å². The average Bonchev–Trinajstić information content (AvgIpc) is 3.08. The first-order chi connectivity index (χ1) is 8.33. The Labute approximate surface area is 107 Å². The molecule has 1 aliphatic carbocycles. The van der Waals surface area contributed by atoms with Crippen LogP contribution in [0.2, 0.25) is 0 Å². The Morgan fingerprint density at radius 2 is 2.06 bits per heavy atom. The molecule has 3 rings (SSSR count). The summed E-state index contributed by atoms with van der Waals surface area (Å²) in [5, 5.41) is 0. The summed E-state index contributed by atoms with van der Waals surface area (Å²) >= 11 is 0. The van der Waals surface area contributed by atoms with Gasteiger partial charge < -0.3 is 4.74 Å². The second-order valence-electron chi connectivity index (χ2n) is 5.35. The van der Waals surface area contributed by atoms with Gasteiger partial charge in [0, 0.05) is 11.5 Å². The highest BCUT2D eigenvalue weighted by Gasteiger charge is 2.46. The number of ether oxygens (including phenoxy) is 1. The molecule has 0 amide bonds. The number of rotatable bonds is 2. The van der Waals surface area contributed by atoms with Gasteiger partial charge in [-0.15, -0.1) is 10.6 Å². The van der Waals surface area contributed by atoms with E-state index in [1.165, 1.54) is 0 Å². The molecule has 0 spiro atoms. The van der Waals surface area contributed by atoms with Crippen LogP contribution in [0, 0.1) is 5.92 Å². The van der Waals surface area contributed by atoms with Gasteiger partial charge in [0.2, 0.25) is 0 Å². The van der Waals surface area contributed by atoms with Crippen molar-refractivity contribution < 1.29 is 18.6 Å². The number of hydrogen-bond acceptors (Lipinski definition) is 4. The van der Waals surface area contributed by atoms with Gasteiger partial charge >= 0.3 is 0 Å². The van der Waals surface area contributed by atoms with Crippen LogP contribution in [0.25, 0.3) is 0 Å².